The van der Waals surface area contributed by atoms with Gasteiger partial charge in [0.25, 0.3) is 0 Å². The van der Waals surface area contributed by atoms with E-state index in [1.54, 1.807) is 0 Å². The maximum atomic E-state index is 10.9. The summed E-state index contributed by atoms with van der Waals surface area (Å²) in [6, 6.07) is 0. The summed E-state index contributed by atoms with van der Waals surface area (Å²) < 4.78 is 0. The molecule has 6 heteroatoms. The van der Waals surface area contributed by atoms with E-state index in [9.17, 15) is 4.79 Å². The first kappa shape index (κ1) is 10.1. The summed E-state index contributed by atoms with van der Waals surface area (Å²) in [5, 5.41) is 11.7. The molecule has 1 amide bonds. The van der Waals surface area contributed by atoms with Crippen molar-refractivity contribution in [3.05, 3.63) is 5.01 Å². The molecule has 1 aromatic heterocycles. The van der Waals surface area contributed by atoms with Gasteiger partial charge in [-0.05, 0) is 0 Å². The van der Waals surface area contributed by atoms with E-state index >= 15 is 0 Å². The molecular weight excluding hydrogens is 188 g/mol. The Morgan fingerprint density at radius 1 is 1.62 bits per heavy atom. The number of rotatable bonds is 3. The van der Waals surface area contributed by atoms with Crippen molar-refractivity contribution in [2.75, 3.05) is 11.9 Å². The fraction of sp³-hybridized carbons (Fsp3) is 0.571. The molecule has 0 unspecified atom stereocenters. The lowest BCUT2D eigenvalue weighted by Gasteiger charge is -1.96. The van der Waals surface area contributed by atoms with Crippen LogP contribution in [0.4, 0.5) is 5.13 Å². The lowest BCUT2D eigenvalue weighted by atomic mass is 10.2. The number of aromatic nitrogens is 2. The summed E-state index contributed by atoms with van der Waals surface area (Å²) in [5.41, 5.74) is 5.13. The predicted molar refractivity (Wildman–Crippen MR) is 51.7 cm³/mol. The average Bonchev–Trinajstić information content (AvgIpc) is 2.52. The summed E-state index contributed by atoms with van der Waals surface area (Å²) >= 11 is 1.37. The number of hydrogen-bond donors (Lipinski definition) is 2. The number of nitrogens with zero attached hydrogens (tertiary/aromatic N) is 2. The molecule has 3 N–H and O–H groups in total. The molecule has 0 bridgehead atoms. The number of nitrogens with two attached hydrogens (primary N) is 1. The van der Waals surface area contributed by atoms with Crippen LogP contribution in [0.25, 0.3) is 0 Å². The van der Waals surface area contributed by atoms with Gasteiger partial charge in [0.1, 0.15) is 5.01 Å². The van der Waals surface area contributed by atoms with Crippen molar-refractivity contribution in [3.8, 4) is 0 Å². The van der Waals surface area contributed by atoms with Crippen molar-refractivity contribution in [1.29, 1.82) is 0 Å². The molecule has 0 spiro atoms. The van der Waals surface area contributed by atoms with Crippen molar-refractivity contribution >= 4 is 22.4 Å². The fourth-order valence-electron chi connectivity index (χ4n) is 0.689. The monoisotopic (exact) mass is 200 g/mol. The maximum Gasteiger partial charge on any atom is 0.239 e. The minimum Gasteiger partial charge on any atom is -0.322 e. The van der Waals surface area contributed by atoms with Crippen LogP contribution in [0.5, 0.6) is 0 Å². The van der Waals surface area contributed by atoms with Crippen LogP contribution in [-0.2, 0) is 4.79 Å². The number of carbonyl (C=O) groups is 1. The first-order chi connectivity index (χ1) is 6.13. The number of carbonyl (C=O) groups excluding carboxylic acids is 1. The Kier molecular flexibility index (Phi) is 3.32. The zero-order valence-corrected chi connectivity index (χ0v) is 8.39. The molecule has 0 atom stereocenters. The molecule has 1 heterocycles. The van der Waals surface area contributed by atoms with E-state index in [1.807, 2.05) is 13.8 Å². The molecule has 5 nitrogen and oxygen atoms in total. The molecule has 1 aromatic rings. The molecule has 1 rings (SSSR count). The smallest absolute Gasteiger partial charge is 0.239 e. The normalized spacial score (nSPS) is 10.5. The third-order valence-corrected chi connectivity index (χ3v) is 2.51. The van der Waals surface area contributed by atoms with Crippen molar-refractivity contribution in [3.63, 3.8) is 0 Å². The van der Waals surface area contributed by atoms with Gasteiger partial charge in [0.15, 0.2) is 0 Å². The number of nitrogens with one attached hydrogen (secondary N) is 1. The zero-order chi connectivity index (χ0) is 9.84. The minimum absolute atomic E-state index is 0.0312. The highest BCUT2D eigenvalue weighted by Gasteiger charge is 2.08. The quantitative estimate of drug-likeness (QED) is 0.747. The van der Waals surface area contributed by atoms with Gasteiger partial charge < -0.3 is 5.73 Å². The van der Waals surface area contributed by atoms with Crippen molar-refractivity contribution < 1.29 is 4.79 Å². The molecule has 0 fully saturated rings. The van der Waals surface area contributed by atoms with Crippen molar-refractivity contribution in [1.82, 2.24) is 10.2 Å². The summed E-state index contributed by atoms with van der Waals surface area (Å²) in [6.45, 7) is 4.01. The van der Waals surface area contributed by atoms with Gasteiger partial charge >= 0.3 is 0 Å². The zero-order valence-electron chi connectivity index (χ0n) is 7.57. The first-order valence-corrected chi connectivity index (χ1v) is 4.78. The van der Waals surface area contributed by atoms with E-state index in [0.29, 0.717) is 11.0 Å². The number of hydrogen-bond acceptors (Lipinski definition) is 5. The second-order valence-corrected chi connectivity index (χ2v) is 3.86. The van der Waals surface area contributed by atoms with Gasteiger partial charge in [-0.1, -0.05) is 25.2 Å². The van der Waals surface area contributed by atoms with Crippen molar-refractivity contribution in [2.24, 2.45) is 5.73 Å². The predicted octanol–water partition coefficient (Wildman–Crippen LogP) is 0.559. The van der Waals surface area contributed by atoms with Crippen LogP contribution in [0.3, 0.4) is 0 Å². The Morgan fingerprint density at radius 3 is 2.77 bits per heavy atom. The third-order valence-electron chi connectivity index (χ3n) is 1.37. The fourth-order valence-corrected chi connectivity index (χ4v) is 1.45. The van der Waals surface area contributed by atoms with Crippen LogP contribution in [0.2, 0.25) is 0 Å². The Hall–Kier alpha value is -1.01. The standard InChI is InChI=1S/C7H12N4OS/c1-4(2)6-10-11-7(13-6)9-5(12)3-8/h4H,3,8H2,1-2H3,(H,9,11,12). The SMILES string of the molecule is CC(C)c1nnc(NC(=O)CN)s1. The molecular formula is C7H12N4OS. The van der Waals surface area contributed by atoms with E-state index in [0.717, 1.165) is 5.01 Å². The van der Waals surface area contributed by atoms with Crippen LogP contribution in [0, 0.1) is 0 Å². The first-order valence-electron chi connectivity index (χ1n) is 3.96. The van der Waals surface area contributed by atoms with Gasteiger partial charge in [-0.3, -0.25) is 10.1 Å². The average molecular weight is 200 g/mol. The minimum atomic E-state index is -0.244. The van der Waals surface area contributed by atoms with Crippen LogP contribution < -0.4 is 11.1 Å². The van der Waals surface area contributed by atoms with E-state index in [1.165, 1.54) is 11.3 Å². The van der Waals surface area contributed by atoms with Crippen LogP contribution in [0.1, 0.15) is 24.8 Å². The Labute approximate surface area is 80.4 Å². The lowest BCUT2D eigenvalue weighted by Crippen LogP contribution is -2.21. The largest absolute Gasteiger partial charge is 0.322 e. The van der Waals surface area contributed by atoms with Gasteiger partial charge in [0.2, 0.25) is 11.0 Å². The molecule has 72 valence electrons. The van der Waals surface area contributed by atoms with E-state index in [-0.39, 0.29) is 12.5 Å². The van der Waals surface area contributed by atoms with E-state index in [2.05, 4.69) is 15.5 Å². The molecule has 0 aliphatic heterocycles. The Balaban J connectivity index is 2.64. The second-order valence-electron chi connectivity index (χ2n) is 2.85. The molecule has 13 heavy (non-hydrogen) atoms. The molecule has 0 aromatic carbocycles. The Bertz CT molecular complexity index is 296. The van der Waals surface area contributed by atoms with Gasteiger partial charge in [0.05, 0.1) is 6.54 Å². The molecule has 0 aliphatic rings. The van der Waals surface area contributed by atoms with Gasteiger partial charge in [-0.25, -0.2) is 0 Å². The molecule has 0 aliphatic carbocycles. The third kappa shape index (κ3) is 2.74. The van der Waals surface area contributed by atoms with Gasteiger partial charge in [-0.2, -0.15) is 0 Å². The van der Waals surface area contributed by atoms with Crippen LogP contribution in [-0.4, -0.2) is 22.6 Å². The topological polar surface area (TPSA) is 80.9 Å². The van der Waals surface area contributed by atoms with Crippen molar-refractivity contribution in [2.45, 2.75) is 19.8 Å². The maximum absolute atomic E-state index is 10.9. The summed E-state index contributed by atoms with van der Waals surface area (Å²) in [5.74, 6) is 0.0903. The molecule has 0 radical (unpaired) electrons. The van der Waals surface area contributed by atoms with E-state index in [4.69, 9.17) is 5.73 Å². The van der Waals surface area contributed by atoms with E-state index < -0.39 is 0 Å². The molecule has 0 saturated heterocycles. The number of amides is 1. The van der Waals surface area contributed by atoms with Gasteiger partial charge in [-0.15, -0.1) is 10.2 Å². The highest BCUT2D eigenvalue weighted by molar-refractivity contribution is 7.15. The summed E-state index contributed by atoms with van der Waals surface area (Å²) in [7, 11) is 0. The molecule has 0 saturated carbocycles. The van der Waals surface area contributed by atoms with Crippen LogP contribution >= 0.6 is 11.3 Å². The highest BCUT2D eigenvalue weighted by Crippen LogP contribution is 2.21. The lowest BCUT2D eigenvalue weighted by molar-refractivity contribution is -0.114. The number of anilines is 1. The second kappa shape index (κ2) is 4.29. The Morgan fingerprint density at radius 2 is 2.31 bits per heavy atom. The highest BCUT2D eigenvalue weighted by atomic mass is 32.1. The van der Waals surface area contributed by atoms with Crippen LogP contribution in [0.15, 0.2) is 0 Å². The summed E-state index contributed by atoms with van der Waals surface area (Å²) in [4.78, 5) is 10.9. The van der Waals surface area contributed by atoms with Gasteiger partial charge in [0, 0.05) is 5.92 Å². The summed E-state index contributed by atoms with van der Waals surface area (Å²) in [6.07, 6.45) is 0.